The number of methoxy groups -OCH3 is 1. The van der Waals surface area contributed by atoms with Gasteiger partial charge in [0.05, 0.1) is 34.8 Å². The second kappa shape index (κ2) is 6.99. The van der Waals surface area contributed by atoms with Gasteiger partial charge in [-0.2, -0.15) is 0 Å². The molecule has 0 radical (unpaired) electrons. The average Bonchev–Trinajstić information content (AvgIpc) is 3.37. The summed E-state index contributed by atoms with van der Waals surface area (Å²) in [7, 11) is 1.62. The number of imide groups is 1. The van der Waals surface area contributed by atoms with Crippen LogP contribution in [0.1, 0.15) is 18.0 Å². The van der Waals surface area contributed by atoms with Crippen molar-refractivity contribution in [3.05, 3.63) is 58.1 Å². The van der Waals surface area contributed by atoms with Crippen LogP contribution in [0.25, 0.3) is 0 Å². The van der Waals surface area contributed by atoms with Crippen LogP contribution in [-0.2, 0) is 9.59 Å². The van der Waals surface area contributed by atoms with Gasteiger partial charge in [-0.1, -0.05) is 35.3 Å². The summed E-state index contributed by atoms with van der Waals surface area (Å²) in [6.45, 7) is 1.60. The maximum Gasteiger partial charge on any atom is 0.253 e. The van der Waals surface area contributed by atoms with Gasteiger partial charge in [0.2, 0.25) is 5.91 Å². The number of ether oxygens (including phenoxy) is 1. The smallest absolute Gasteiger partial charge is 0.253 e. The molecule has 6 nitrogen and oxygen atoms in total. The van der Waals surface area contributed by atoms with Gasteiger partial charge in [-0.3, -0.25) is 9.59 Å². The molecule has 2 amide bonds. The number of hydrogen-bond donors (Lipinski definition) is 0. The number of amides is 2. The van der Waals surface area contributed by atoms with Crippen molar-refractivity contribution >= 4 is 40.7 Å². The number of hydrazine groups is 1. The standard InChI is InChI=1S/C21H19Cl2N3O3/c1-29-14-6-3-12(4-7-14)18-17-19(25-10-2-9-24(18)25)21(28)26(20(17)27)13-5-8-15(22)16(23)11-13/h3-8,11,17-19H,2,9-10H2,1H3/t17-,18+,19+/m1/s1. The SMILES string of the molecule is COc1ccc([C@H]2[C@H]3C(=O)N(c4ccc(Cl)c(Cl)c4)C(=O)[C@H]3N3CCCN23)cc1. The summed E-state index contributed by atoms with van der Waals surface area (Å²) in [4.78, 5) is 28.1. The zero-order valence-corrected chi connectivity index (χ0v) is 17.2. The summed E-state index contributed by atoms with van der Waals surface area (Å²) < 4.78 is 5.26. The van der Waals surface area contributed by atoms with Crippen molar-refractivity contribution in [1.29, 1.82) is 0 Å². The van der Waals surface area contributed by atoms with E-state index in [1.165, 1.54) is 4.90 Å². The fraction of sp³-hybridized carbons (Fsp3) is 0.333. The van der Waals surface area contributed by atoms with Gasteiger partial charge in [0.1, 0.15) is 11.8 Å². The molecule has 0 aliphatic carbocycles. The molecule has 3 aliphatic rings. The topological polar surface area (TPSA) is 53.1 Å². The molecular weight excluding hydrogens is 413 g/mol. The van der Waals surface area contributed by atoms with Gasteiger partial charge in [-0.05, 0) is 42.3 Å². The Morgan fingerprint density at radius 1 is 0.897 bits per heavy atom. The van der Waals surface area contributed by atoms with Crippen LogP contribution in [-0.4, -0.2) is 48.1 Å². The molecule has 0 bridgehead atoms. The predicted molar refractivity (Wildman–Crippen MR) is 110 cm³/mol. The molecule has 2 aromatic rings. The van der Waals surface area contributed by atoms with E-state index in [1.54, 1.807) is 25.3 Å². The highest BCUT2D eigenvalue weighted by Crippen LogP contribution is 2.49. The van der Waals surface area contributed by atoms with Crippen LogP contribution in [0.15, 0.2) is 42.5 Å². The van der Waals surface area contributed by atoms with Crippen LogP contribution in [0.5, 0.6) is 5.75 Å². The normalized spacial score (nSPS) is 26.9. The Balaban J connectivity index is 1.56. The first-order chi connectivity index (χ1) is 14.0. The first-order valence-electron chi connectivity index (χ1n) is 9.51. The molecule has 0 aromatic heterocycles. The molecule has 3 fully saturated rings. The van der Waals surface area contributed by atoms with Crippen molar-refractivity contribution in [3.63, 3.8) is 0 Å². The Labute approximate surface area is 178 Å². The number of carbonyl (C=O) groups is 2. The van der Waals surface area contributed by atoms with E-state index in [4.69, 9.17) is 27.9 Å². The lowest BCUT2D eigenvalue weighted by atomic mass is 9.90. The van der Waals surface area contributed by atoms with Crippen LogP contribution >= 0.6 is 23.2 Å². The quantitative estimate of drug-likeness (QED) is 0.695. The summed E-state index contributed by atoms with van der Waals surface area (Å²) >= 11 is 12.2. The van der Waals surface area contributed by atoms with E-state index < -0.39 is 12.0 Å². The lowest BCUT2D eigenvalue weighted by Crippen LogP contribution is -2.44. The first kappa shape index (κ1) is 18.9. The molecule has 2 aromatic carbocycles. The van der Waals surface area contributed by atoms with Crippen LogP contribution in [0.2, 0.25) is 10.0 Å². The highest BCUT2D eigenvalue weighted by atomic mass is 35.5. The Hall–Kier alpha value is -2.12. The number of fused-ring (bicyclic) bond motifs is 3. The van der Waals surface area contributed by atoms with Gasteiger partial charge in [0.15, 0.2) is 0 Å². The number of anilines is 1. The minimum atomic E-state index is -0.494. The van der Waals surface area contributed by atoms with Gasteiger partial charge in [-0.25, -0.2) is 14.9 Å². The number of hydrogen-bond acceptors (Lipinski definition) is 5. The fourth-order valence-corrected chi connectivity index (χ4v) is 5.09. The Bertz CT molecular complexity index is 997. The largest absolute Gasteiger partial charge is 0.497 e. The molecular formula is C21H19Cl2N3O3. The van der Waals surface area contributed by atoms with Gasteiger partial charge >= 0.3 is 0 Å². The molecule has 3 heterocycles. The van der Waals surface area contributed by atoms with E-state index >= 15 is 0 Å². The van der Waals surface area contributed by atoms with Crippen molar-refractivity contribution < 1.29 is 14.3 Å². The van der Waals surface area contributed by atoms with Gasteiger partial charge in [-0.15, -0.1) is 0 Å². The summed E-state index contributed by atoms with van der Waals surface area (Å²) in [5, 5.41) is 4.95. The number of nitrogens with zero attached hydrogens (tertiary/aromatic N) is 3. The van der Waals surface area contributed by atoms with Gasteiger partial charge in [0.25, 0.3) is 5.91 Å². The highest BCUT2D eigenvalue weighted by Gasteiger charge is 2.62. The van der Waals surface area contributed by atoms with Gasteiger partial charge < -0.3 is 4.74 Å². The molecule has 0 N–H and O–H groups in total. The second-order valence-corrected chi connectivity index (χ2v) is 8.29. The Morgan fingerprint density at radius 3 is 2.24 bits per heavy atom. The van der Waals surface area contributed by atoms with Crippen molar-refractivity contribution in [2.75, 3.05) is 25.1 Å². The summed E-state index contributed by atoms with van der Waals surface area (Å²) in [6, 6.07) is 11.9. The second-order valence-electron chi connectivity index (χ2n) is 7.48. The lowest BCUT2D eigenvalue weighted by Gasteiger charge is -2.29. The molecule has 0 saturated carbocycles. The average molecular weight is 432 g/mol. The number of benzene rings is 2. The molecule has 3 saturated heterocycles. The minimum absolute atomic E-state index is 0.183. The lowest BCUT2D eigenvalue weighted by molar-refractivity contribution is -0.126. The molecule has 0 unspecified atom stereocenters. The minimum Gasteiger partial charge on any atom is -0.497 e. The Kier molecular flexibility index (Phi) is 4.55. The zero-order valence-electron chi connectivity index (χ0n) is 15.7. The van der Waals surface area contributed by atoms with Crippen molar-refractivity contribution in [2.45, 2.75) is 18.5 Å². The van der Waals surface area contributed by atoms with Gasteiger partial charge in [0, 0.05) is 13.1 Å². The van der Waals surface area contributed by atoms with Crippen LogP contribution < -0.4 is 9.64 Å². The number of rotatable bonds is 3. The molecule has 150 valence electrons. The van der Waals surface area contributed by atoms with E-state index in [1.807, 2.05) is 24.3 Å². The van der Waals surface area contributed by atoms with Crippen LogP contribution in [0, 0.1) is 5.92 Å². The van der Waals surface area contributed by atoms with E-state index in [-0.39, 0.29) is 17.9 Å². The number of carbonyl (C=O) groups excluding carboxylic acids is 2. The third-order valence-electron chi connectivity index (χ3n) is 6.02. The first-order valence-corrected chi connectivity index (χ1v) is 10.3. The number of halogens is 2. The monoisotopic (exact) mass is 431 g/mol. The molecule has 3 aliphatic heterocycles. The summed E-state index contributed by atoms with van der Waals surface area (Å²) in [5.41, 5.74) is 1.46. The molecule has 5 rings (SSSR count). The predicted octanol–water partition coefficient (Wildman–Crippen LogP) is 3.54. The Morgan fingerprint density at radius 2 is 1.59 bits per heavy atom. The zero-order chi connectivity index (χ0) is 20.3. The molecule has 0 spiro atoms. The van der Waals surface area contributed by atoms with E-state index in [0.29, 0.717) is 15.7 Å². The molecule has 29 heavy (non-hydrogen) atoms. The maximum atomic E-state index is 13.5. The summed E-state index contributed by atoms with van der Waals surface area (Å²) in [5.74, 6) is -0.117. The van der Waals surface area contributed by atoms with E-state index in [9.17, 15) is 9.59 Å². The fourth-order valence-electron chi connectivity index (χ4n) is 4.79. The van der Waals surface area contributed by atoms with Crippen molar-refractivity contribution in [1.82, 2.24) is 10.0 Å². The van der Waals surface area contributed by atoms with Crippen molar-refractivity contribution in [2.24, 2.45) is 5.92 Å². The third-order valence-corrected chi connectivity index (χ3v) is 6.76. The highest BCUT2D eigenvalue weighted by molar-refractivity contribution is 6.42. The van der Waals surface area contributed by atoms with Crippen LogP contribution in [0.3, 0.4) is 0 Å². The van der Waals surface area contributed by atoms with Crippen molar-refractivity contribution in [3.8, 4) is 5.75 Å². The van der Waals surface area contributed by atoms with E-state index in [2.05, 4.69) is 10.0 Å². The van der Waals surface area contributed by atoms with Crippen LogP contribution in [0.4, 0.5) is 5.69 Å². The molecule has 3 atom stereocenters. The third kappa shape index (κ3) is 2.78. The molecule has 8 heteroatoms. The maximum absolute atomic E-state index is 13.5. The summed E-state index contributed by atoms with van der Waals surface area (Å²) in [6.07, 6.45) is 0.962. The van der Waals surface area contributed by atoms with E-state index in [0.717, 1.165) is 30.8 Å².